The Labute approximate surface area is 123 Å². The molecule has 21 heavy (non-hydrogen) atoms. The van der Waals surface area contributed by atoms with Crippen LogP contribution in [0.15, 0.2) is 36.3 Å². The number of nitrogens with one attached hydrogen (secondary N) is 1. The number of rotatable bonds is 5. The number of amides is 1. The zero-order valence-electron chi connectivity index (χ0n) is 12.3. The van der Waals surface area contributed by atoms with Gasteiger partial charge in [0.05, 0.1) is 19.6 Å². The van der Waals surface area contributed by atoms with Crippen LogP contribution in [0.3, 0.4) is 0 Å². The van der Waals surface area contributed by atoms with Gasteiger partial charge in [-0.2, -0.15) is 0 Å². The van der Waals surface area contributed by atoms with E-state index in [0.717, 1.165) is 5.56 Å². The van der Waals surface area contributed by atoms with E-state index < -0.39 is 12.4 Å². The lowest BCUT2D eigenvalue weighted by Crippen LogP contribution is -2.20. The summed E-state index contributed by atoms with van der Waals surface area (Å²) in [5.41, 5.74) is 1.52. The number of methoxy groups -OCH3 is 2. The molecule has 0 saturated carbocycles. The Morgan fingerprint density at radius 3 is 2.76 bits per heavy atom. The fourth-order valence-corrected chi connectivity index (χ4v) is 2.18. The Morgan fingerprint density at radius 2 is 2.10 bits per heavy atom. The molecule has 1 aliphatic heterocycles. The first-order valence-corrected chi connectivity index (χ1v) is 6.67. The molecule has 6 heteroatoms. The van der Waals surface area contributed by atoms with Gasteiger partial charge in [0.25, 0.3) is 5.95 Å². The van der Waals surface area contributed by atoms with Crippen LogP contribution in [-0.4, -0.2) is 33.2 Å². The van der Waals surface area contributed by atoms with E-state index in [9.17, 15) is 4.79 Å². The Morgan fingerprint density at radius 1 is 1.33 bits per heavy atom. The molecular formula is C15H19NO5. The minimum Gasteiger partial charge on any atom is -0.469 e. The first kappa shape index (κ1) is 15.2. The van der Waals surface area contributed by atoms with Crippen LogP contribution in [0.5, 0.6) is 0 Å². The minimum atomic E-state index is -0.495. The summed E-state index contributed by atoms with van der Waals surface area (Å²) in [7, 11) is 3.09. The molecule has 0 bridgehead atoms. The van der Waals surface area contributed by atoms with Crippen LogP contribution in [0, 0.1) is 0 Å². The number of hydrogen-bond donors (Lipinski definition) is 1. The van der Waals surface area contributed by atoms with Crippen molar-refractivity contribution < 1.29 is 23.7 Å². The highest BCUT2D eigenvalue weighted by Crippen LogP contribution is 2.36. The van der Waals surface area contributed by atoms with E-state index in [2.05, 4.69) is 5.32 Å². The molecule has 0 fully saturated rings. The van der Waals surface area contributed by atoms with Gasteiger partial charge in [-0.25, -0.2) is 4.79 Å². The van der Waals surface area contributed by atoms with Crippen molar-refractivity contribution in [3.05, 3.63) is 41.9 Å². The van der Waals surface area contributed by atoms with Gasteiger partial charge in [0, 0.05) is 18.9 Å². The zero-order chi connectivity index (χ0) is 15.2. The highest BCUT2D eigenvalue weighted by Gasteiger charge is 2.33. The van der Waals surface area contributed by atoms with Gasteiger partial charge in [0.2, 0.25) is 6.29 Å². The number of anilines is 1. The van der Waals surface area contributed by atoms with Crippen LogP contribution in [0.2, 0.25) is 0 Å². The second-order valence-corrected chi connectivity index (χ2v) is 4.37. The Bertz CT molecular complexity index is 529. The zero-order valence-corrected chi connectivity index (χ0v) is 12.3. The predicted octanol–water partition coefficient (Wildman–Crippen LogP) is 2.83. The Kier molecular flexibility index (Phi) is 5.05. The van der Waals surface area contributed by atoms with E-state index in [1.165, 1.54) is 7.11 Å². The molecule has 0 saturated heterocycles. The highest BCUT2D eigenvalue weighted by atomic mass is 16.8. The third kappa shape index (κ3) is 3.46. The summed E-state index contributed by atoms with van der Waals surface area (Å²) in [6.45, 7) is 2.07. The average Bonchev–Trinajstić information content (AvgIpc) is 2.91. The SMILES string of the molecule is CCOC(=O)Nc1ccccc1C1C=C(OC)OC1OC. The normalized spacial score (nSPS) is 20.4. The molecule has 1 N–H and O–H groups in total. The number of hydrogen-bond acceptors (Lipinski definition) is 5. The number of ether oxygens (including phenoxy) is 4. The van der Waals surface area contributed by atoms with E-state index in [1.807, 2.05) is 24.3 Å². The Balaban J connectivity index is 2.26. The van der Waals surface area contributed by atoms with Crippen molar-refractivity contribution in [2.24, 2.45) is 0 Å². The molecule has 0 radical (unpaired) electrons. The molecule has 1 heterocycles. The number of benzene rings is 1. The fraction of sp³-hybridized carbons (Fsp3) is 0.400. The van der Waals surface area contributed by atoms with Gasteiger partial charge in [-0.3, -0.25) is 5.32 Å². The molecule has 2 atom stereocenters. The van der Waals surface area contributed by atoms with Gasteiger partial charge in [0.1, 0.15) is 0 Å². The molecule has 0 aromatic heterocycles. The molecule has 1 aromatic rings. The van der Waals surface area contributed by atoms with E-state index in [0.29, 0.717) is 18.2 Å². The lowest BCUT2D eigenvalue weighted by Gasteiger charge is -2.20. The summed E-state index contributed by atoms with van der Waals surface area (Å²) >= 11 is 0. The summed E-state index contributed by atoms with van der Waals surface area (Å²) < 4.78 is 20.8. The maximum absolute atomic E-state index is 11.6. The van der Waals surface area contributed by atoms with E-state index in [-0.39, 0.29) is 5.92 Å². The van der Waals surface area contributed by atoms with Crippen molar-refractivity contribution in [2.75, 3.05) is 26.1 Å². The van der Waals surface area contributed by atoms with Gasteiger partial charge in [-0.05, 0) is 18.6 Å². The third-order valence-electron chi connectivity index (χ3n) is 3.11. The smallest absolute Gasteiger partial charge is 0.411 e. The maximum atomic E-state index is 11.6. The maximum Gasteiger partial charge on any atom is 0.411 e. The van der Waals surface area contributed by atoms with Crippen LogP contribution < -0.4 is 5.32 Å². The second-order valence-electron chi connectivity index (χ2n) is 4.37. The summed E-state index contributed by atoms with van der Waals surface area (Å²) in [4.78, 5) is 11.6. The van der Waals surface area contributed by atoms with Gasteiger partial charge in [-0.15, -0.1) is 0 Å². The van der Waals surface area contributed by atoms with Crippen LogP contribution >= 0.6 is 0 Å². The fourth-order valence-electron chi connectivity index (χ4n) is 2.18. The number of carbonyl (C=O) groups is 1. The van der Waals surface area contributed by atoms with Crippen LogP contribution in [0.4, 0.5) is 10.5 Å². The number of carbonyl (C=O) groups excluding carboxylic acids is 1. The van der Waals surface area contributed by atoms with Crippen molar-refractivity contribution in [2.45, 2.75) is 19.1 Å². The quantitative estimate of drug-likeness (QED) is 0.904. The largest absolute Gasteiger partial charge is 0.469 e. The molecule has 1 aromatic carbocycles. The summed E-state index contributed by atoms with van der Waals surface area (Å²) in [5, 5.41) is 2.72. The van der Waals surface area contributed by atoms with Crippen LogP contribution in [-0.2, 0) is 18.9 Å². The third-order valence-corrected chi connectivity index (χ3v) is 3.11. The van der Waals surface area contributed by atoms with Crippen LogP contribution in [0.1, 0.15) is 18.4 Å². The van der Waals surface area contributed by atoms with Crippen molar-refractivity contribution in [3.8, 4) is 0 Å². The van der Waals surface area contributed by atoms with Gasteiger partial charge < -0.3 is 18.9 Å². The minimum absolute atomic E-state index is 0.178. The summed E-state index contributed by atoms with van der Waals surface area (Å²) in [6.07, 6.45) is 0.832. The standard InChI is InChI=1S/C15H19NO5/c1-4-20-15(17)16-12-8-6-5-7-10(12)11-9-13(18-2)21-14(11)19-3/h5-9,11,14H,4H2,1-3H3,(H,16,17). The topological polar surface area (TPSA) is 66.0 Å². The molecule has 1 aliphatic rings. The van der Waals surface area contributed by atoms with Gasteiger partial charge >= 0.3 is 6.09 Å². The molecule has 6 nitrogen and oxygen atoms in total. The predicted molar refractivity (Wildman–Crippen MR) is 76.8 cm³/mol. The van der Waals surface area contributed by atoms with Crippen molar-refractivity contribution >= 4 is 11.8 Å². The molecule has 0 aliphatic carbocycles. The summed E-state index contributed by atoms with van der Waals surface area (Å²) in [5.74, 6) is 0.223. The van der Waals surface area contributed by atoms with Gasteiger partial charge in [0.15, 0.2) is 0 Å². The van der Waals surface area contributed by atoms with Crippen molar-refractivity contribution in [1.29, 1.82) is 0 Å². The molecule has 0 spiro atoms. The van der Waals surface area contributed by atoms with Crippen molar-refractivity contribution in [1.82, 2.24) is 0 Å². The lowest BCUT2D eigenvalue weighted by molar-refractivity contribution is -0.116. The van der Waals surface area contributed by atoms with E-state index in [4.69, 9.17) is 18.9 Å². The first-order chi connectivity index (χ1) is 10.2. The Hall–Kier alpha value is -2.21. The molecule has 2 unspecified atom stereocenters. The summed E-state index contributed by atoms with van der Waals surface area (Å²) in [6, 6.07) is 7.43. The van der Waals surface area contributed by atoms with E-state index in [1.54, 1.807) is 20.1 Å². The molecular weight excluding hydrogens is 274 g/mol. The van der Waals surface area contributed by atoms with Crippen molar-refractivity contribution in [3.63, 3.8) is 0 Å². The number of para-hydroxylation sites is 1. The van der Waals surface area contributed by atoms with E-state index >= 15 is 0 Å². The second kappa shape index (κ2) is 6.99. The lowest BCUT2D eigenvalue weighted by atomic mass is 9.97. The monoisotopic (exact) mass is 293 g/mol. The van der Waals surface area contributed by atoms with Gasteiger partial charge in [-0.1, -0.05) is 18.2 Å². The molecule has 2 rings (SSSR count). The average molecular weight is 293 g/mol. The molecule has 114 valence electrons. The van der Waals surface area contributed by atoms with Crippen LogP contribution in [0.25, 0.3) is 0 Å². The first-order valence-electron chi connectivity index (χ1n) is 6.67. The highest BCUT2D eigenvalue weighted by molar-refractivity contribution is 5.86. The molecule has 1 amide bonds.